The first kappa shape index (κ1) is 27.2. The van der Waals surface area contributed by atoms with Crippen molar-refractivity contribution in [3.8, 4) is 19.0 Å². The minimum atomic E-state index is -0.526. The molecular formula is C25H31FN6O3. The van der Waals surface area contributed by atoms with Crippen LogP contribution in [0.3, 0.4) is 0 Å². The maximum Gasteiger partial charge on any atom is 0.242 e. The predicted molar refractivity (Wildman–Crippen MR) is 132 cm³/mol. The highest BCUT2D eigenvalue weighted by atomic mass is 19.1. The third kappa shape index (κ3) is 7.75. The summed E-state index contributed by atoms with van der Waals surface area (Å²) in [6.45, 7) is 4.55. The van der Waals surface area contributed by atoms with Gasteiger partial charge in [0.05, 0.1) is 11.9 Å². The Morgan fingerprint density at radius 3 is 2.60 bits per heavy atom. The molecule has 3 heterocycles. The Labute approximate surface area is 204 Å². The largest absolute Gasteiger partial charge is 0.461 e. The quantitative estimate of drug-likeness (QED) is 0.227. The van der Waals surface area contributed by atoms with E-state index in [-0.39, 0.29) is 23.5 Å². The van der Waals surface area contributed by atoms with Gasteiger partial charge in [-0.25, -0.2) is 9.38 Å². The summed E-state index contributed by atoms with van der Waals surface area (Å²) >= 11 is 0. The molecule has 1 aromatic carbocycles. The molecule has 0 radical (unpaired) electrons. The van der Waals surface area contributed by atoms with Gasteiger partial charge in [-0.15, -0.1) is 12.8 Å². The van der Waals surface area contributed by atoms with Gasteiger partial charge in [-0.05, 0) is 50.8 Å². The fraction of sp³-hybridized carbons (Fsp3) is 0.440. The second-order valence-corrected chi connectivity index (χ2v) is 8.12. The van der Waals surface area contributed by atoms with E-state index in [4.69, 9.17) is 15.4 Å². The molecule has 10 heteroatoms. The number of nitrogens with two attached hydrogens (primary N) is 1. The predicted octanol–water partition coefficient (Wildman–Crippen LogP) is 3.16. The standard InChI is InChI=1S/C12H20N2O2.C11H9FN4O.C2H2/c15-11-6-2-1-3-9-14(11)10-12(16)13-7-4-5-8-13;1-6-4-7-9(17-6)3-2-8(10(7)12)16-11(14)15-5-13;1-2/h1-10H2;2-4H,1H3,(H3,14,15,16);1-2H. The van der Waals surface area contributed by atoms with Crippen molar-refractivity contribution < 1.29 is 18.4 Å². The lowest BCUT2D eigenvalue weighted by Gasteiger charge is -2.23. The molecular weight excluding hydrogens is 451 g/mol. The van der Waals surface area contributed by atoms with Crippen LogP contribution in [0.15, 0.2) is 27.6 Å². The van der Waals surface area contributed by atoms with Gasteiger partial charge in [0, 0.05) is 26.1 Å². The van der Waals surface area contributed by atoms with Crippen molar-refractivity contribution in [1.82, 2.24) is 15.1 Å². The Bertz CT molecular complexity index is 1110. The van der Waals surface area contributed by atoms with Gasteiger partial charge in [0.2, 0.25) is 17.8 Å². The smallest absolute Gasteiger partial charge is 0.242 e. The molecule has 3 N–H and O–H groups in total. The number of benzene rings is 1. The first-order valence-electron chi connectivity index (χ1n) is 11.5. The molecule has 0 saturated carbocycles. The zero-order valence-corrected chi connectivity index (χ0v) is 19.9. The van der Waals surface area contributed by atoms with Crippen LogP contribution in [-0.2, 0) is 9.59 Å². The van der Waals surface area contributed by atoms with E-state index in [1.807, 2.05) is 4.90 Å². The number of amides is 2. The molecule has 2 aromatic rings. The summed E-state index contributed by atoms with van der Waals surface area (Å²) in [5, 5.41) is 10.8. The molecule has 2 fully saturated rings. The number of carbonyl (C=O) groups is 2. The van der Waals surface area contributed by atoms with Crippen LogP contribution in [0, 0.1) is 37.0 Å². The molecule has 2 amide bonds. The topological polar surface area (TPSA) is 128 Å². The van der Waals surface area contributed by atoms with Crippen molar-refractivity contribution in [2.75, 3.05) is 26.2 Å². The lowest BCUT2D eigenvalue weighted by atomic mass is 10.2. The van der Waals surface area contributed by atoms with E-state index in [0.717, 1.165) is 51.7 Å². The number of terminal acetylenes is 1. The summed E-state index contributed by atoms with van der Waals surface area (Å²) in [5.41, 5.74) is 5.86. The molecule has 35 heavy (non-hydrogen) atoms. The summed E-state index contributed by atoms with van der Waals surface area (Å²) in [6, 6.07) is 4.62. The van der Waals surface area contributed by atoms with Crippen LogP contribution < -0.4 is 11.1 Å². The van der Waals surface area contributed by atoms with Crippen LogP contribution in [-0.4, -0.2) is 53.8 Å². The molecule has 186 valence electrons. The zero-order chi connectivity index (χ0) is 25.8. The van der Waals surface area contributed by atoms with Crippen LogP contribution in [0.4, 0.5) is 10.1 Å². The Kier molecular flexibility index (Phi) is 10.6. The van der Waals surface area contributed by atoms with Gasteiger partial charge in [-0.3, -0.25) is 14.9 Å². The van der Waals surface area contributed by atoms with E-state index < -0.39 is 5.82 Å². The van der Waals surface area contributed by atoms with Gasteiger partial charge >= 0.3 is 0 Å². The van der Waals surface area contributed by atoms with Gasteiger partial charge in [-0.2, -0.15) is 5.26 Å². The van der Waals surface area contributed by atoms with Crippen LogP contribution in [0.25, 0.3) is 11.0 Å². The number of halogens is 1. The third-order valence-corrected chi connectivity index (χ3v) is 5.62. The lowest BCUT2D eigenvalue weighted by molar-refractivity contribution is -0.139. The second-order valence-electron chi connectivity index (χ2n) is 8.12. The normalized spacial score (nSPS) is 15.9. The number of nitrogens with zero attached hydrogens (tertiary/aromatic N) is 4. The van der Waals surface area contributed by atoms with Crippen molar-refractivity contribution in [3.05, 3.63) is 29.8 Å². The minimum Gasteiger partial charge on any atom is -0.461 e. The number of hydrogen-bond acceptors (Lipinski definition) is 5. The molecule has 1 aromatic heterocycles. The average molecular weight is 483 g/mol. The lowest BCUT2D eigenvalue weighted by Crippen LogP contribution is -2.41. The summed E-state index contributed by atoms with van der Waals surface area (Å²) in [7, 11) is 0. The number of rotatable bonds is 3. The fourth-order valence-corrected chi connectivity index (χ4v) is 3.93. The number of aliphatic imine (C=N–C) groups is 1. The molecule has 9 nitrogen and oxygen atoms in total. The van der Waals surface area contributed by atoms with Crippen LogP contribution in [0.1, 0.15) is 44.3 Å². The number of fused-ring (bicyclic) bond motifs is 1. The second kappa shape index (κ2) is 13.6. The van der Waals surface area contributed by atoms with Crippen LogP contribution in [0.2, 0.25) is 0 Å². The number of furan rings is 1. The minimum absolute atomic E-state index is 0.0542. The summed E-state index contributed by atoms with van der Waals surface area (Å²) in [4.78, 5) is 31.0. The summed E-state index contributed by atoms with van der Waals surface area (Å²) < 4.78 is 19.2. The van der Waals surface area contributed by atoms with Gasteiger partial charge in [0.25, 0.3) is 0 Å². The molecule has 2 saturated heterocycles. The SMILES string of the molecule is C#C.Cc1cc2c(F)c(N=C(N)NC#N)ccc2o1.O=C(CN1CCCCCC1=O)N1CCCC1. The van der Waals surface area contributed by atoms with Crippen molar-refractivity contribution in [2.24, 2.45) is 10.7 Å². The highest BCUT2D eigenvalue weighted by Gasteiger charge is 2.23. The van der Waals surface area contributed by atoms with E-state index in [1.165, 1.54) is 6.07 Å². The molecule has 2 aliphatic heterocycles. The first-order valence-corrected chi connectivity index (χ1v) is 11.5. The highest BCUT2D eigenvalue weighted by molar-refractivity contribution is 5.87. The summed E-state index contributed by atoms with van der Waals surface area (Å²) in [6.07, 6.45) is 15.6. The molecule has 4 rings (SSSR count). The van der Waals surface area contributed by atoms with E-state index >= 15 is 0 Å². The van der Waals surface area contributed by atoms with Gasteiger partial charge in [-0.1, -0.05) is 6.42 Å². The molecule has 0 unspecified atom stereocenters. The molecule has 0 spiro atoms. The number of likely N-dealkylation sites (tertiary alicyclic amines) is 2. The van der Waals surface area contributed by atoms with Crippen molar-refractivity contribution in [2.45, 2.75) is 45.4 Å². The van der Waals surface area contributed by atoms with Gasteiger partial charge < -0.3 is 20.0 Å². The molecule has 2 aliphatic rings. The average Bonchev–Trinajstić information content (AvgIpc) is 3.47. The third-order valence-electron chi connectivity index (χ3n) is 5.62. The van der Waals surface area contributed by atoms with E-state index in [2.05, 4.69) is 23.2 Å². The van der Waals surface area contributed by atoms with Crippen molar-refractivity contribution >= 4 is 34.4 Å². The van der Waals surface area contributed by atoms with E-state index in [1.54, 1.807) is 30.1 Å². The Morgan fingerprint density at radius 1 is 1.23 bits per heavy atom. The fourth-order valence-electron chi connectivity index (χ4n) is 3.93. The van der Waals surface area contributed by atoms with Crippen LogP contribution in [0.5, 0.6) is 0 Å². The number of nitrogens with one attached hydrogen (secondary N) is 1. The first-order chi connectivity index (χ1) is 16.9. The van der Waals surface area contributed by atoms with Gasteiger partial charge in [0.1, 0.15) is 17.0 Å². The van der Waals surface area contributed by atoms with Crippen LogP contribution >= 0.6 is 0 Å². The number of carbonyl (C=O) groups excluding carboxylic acids is 2. The number of aryl methyl sites for hydroxylation is 1. The number of guanidine groups is 1. The molecule has 0 atom stereocenters. The maximum absolute atomic E-state index is 13.9. The Morgan fingerprint density at radius 2 is 1.91 bits per heavy atom. The van der Waals surface area contributed by atoms with E-state index in [9.17, 15) is 14.0 Å². The maximum atomic E-state index is 13.9. The Balaban J connectivity index is 0.000000231. The van der Waals surface area contributed by atoms with Gasteiger partial charge in [0.15, 0.2) is 12.0 Å². The highest BCUT2D eigenvalue weighted by Crippen LogP contribution is 2.28. The number of hydrogen-bond donors (Lipinski definition) is 2. The summed E-state index contributed by atoms with van der Waals surface area (Å²) in [5.74, 6) is 0.217. The van der Waals surface area contributed by atoms with E-state index in [0.29, 0.717) is 29.7 Å². The number of nitriles is 1. The molecule has 0 bridgehead atoms. The molecule has 0 aliphatic carbocycles. The Hall–Kier alpha value is -4.05. The zero-order valence-electron chi connectivity index (χ0n) is 19.9. The van der Waals surface area contributed by atoms with Crippen molar-refractivity contribution in [1.29, 1.82) is 5.26 Å². The van der Waals surface area contributed by atoms with Crippen molar-refractivity contribution in [3.63, 3.8) is 0 Å². The monoisotopic (exact) mass is 482 g/mol.